The van der Waals surface area contributed by atoms with Crippen LogP contribution in [0.1, 0.15) is 45.4 Å². The predicted octanol–water partition coefficient (Wildman–Crippen LogP) is 2.14. The summed E-state index contributed by atoms with van der Waals surface area (Å²) in [6.07, 6.45) is 7.17. The highest BCUT2D eigenvalue weighted by Crippen LogP contribution is 2.17. The van der Waals surface area contributed by atoms with E-state index in [1.807, 2.05) is 4.90 Å². The van der Waals surface area contributed by atoms with E-state index in [2.05, 4.69) is 12.2 Å². The molecule has 2 fully saturated rings. The van der Waals surface area contributed by atoms with Crippen molar-refractivity contribution in [2.24, 2.45) is 0 Å². The van der Waals surface area contributed by atoms with Gasteiger partial charge in [0, 0.05) is 25.7 Å². The van der Waals surface area contributed by atoms with Gasteiger partial charge in [-0.3, -0.25) is 0 Å². The van der Waals surface area contributed by atoms with Crippen LogP contribution in [0.4, 0.5) is 4.79 Å². The molecule has 0 saturated carbocycles. The highest BCUT2D eigenvalue weighted by Gasteiger charge is 2.23. The van der Waals surface area contributed by atoms with Gasteiger partial charge in [0.05, 0.1) is 6.10 Å². The number of ether oxygens (including phenoxy) is 1. The molecule has 0 aromatic rings. The van der Waals surface area contributed by atoms with Crippen LogP contribution in [0.3, 0.4) is 0 Å². The number of hydrogen-bond donors (Lipinski definition) is 1. The Morgan fingerprint density at radius 1 is 1.35 bits per heavy atom. The van der Waals surface area contributed by atoms with E-state index in [4.69, 9.17) is 4.74 Å². The molecule has 2 aliphatic rings. The van der Waals surface area contributed by atoms with E-state index in [-0.39, 0.29) is 6.03 Å². The summed E-state index contributed by atoms with van der Waals surface area (Å²) in [5, 5.41) is 3.02. The van der Waals surface area contributed by atoms with Crippen molar-refractivity contribution in [3.05, 3.63) is 0 Å². The van der Waals surface area contributed by atoms with Gasteiger partial charge in [-0.05, 0) is 45.4 Å². The molecular weight excluding hydrogens is 216 g/mol. The first-order valence-electron chi connectivity index (χ1n) is 6.93. The van der Waals surface area contributed by atoms with Gasteiger partial charge < -0.3 is 15.0 Å². The van der Waals surface area contributed by atoms with Crippen LogP contribution >= 0.6 is 0 Å². The number of nitrogens with one attached hydrogen (secondary N) is 1. The molecule has 0 spiro atoms. The number of urea groups is 1. The van der Waals surface area contributed by atoms with E-state index in [1.54, 1.807) is 0 Å². The number of carbonyl (C=O) groups excluding carboxylic acids is 1. The van der Waals surface area contributed by atoms with E-state index in [9.17, 15) is 4.79 Å². The number of nitrogens with zero attached hydrogens (tertiary/aromatic N) is 1. The highest BCUT2D eigenvalue weighted by atomic mass is 16.5. The van der Waals surface area contributed by atoms with Crippen LogP contribution in [0.2, 0.25) is 0 Å². The van der Waals surface area contributed by atoms with Gasteiger partial charge in [-0.2, -0.15) is 0 Å². The lowest BCUT2D eigenvalue weighted by Crippen LogP contribution is -2.47. The average molecular weight is 240 g/mol. The van der Waals surface area contributed by atoms with Gasteiger partial charge in [-0.25, -0.2) is 4.79 Å². The van der Waals surface area contributed by atoms with Crippen molar-refractivity contribution in [1.29, 1.82) is 0 Å². The second-order valence-electron chi connectivity index (χ2n) is 5.19. The minimum Gasteiger partial charge on any atom is -0.378 e. The van der Waals surface area contributed by atoms with Crippen molar-refractivity contribution < 1.29 is 9.53 Å². The lowest BCUT2D eigenvalue weighted by Gasteiger charge is -2.33. The molecule has 0 radical (unpaired) electrons. The molecule has 2 heterocycles. The minimum atomic E-state index is 0.107. The summed E-state index contributed by atoms with van der Waals surface area (Å²) in [4.78, 5) is 13.9. The third-order valence-corrected chi connectivity index (χ3v) is 3.83. The zero-order valence-corrected chi connectivity index (χ0v) is 10.8. The lowest BCUT2D eigenvalue weighted by molar-refractivity contribution is 0.103. The maximum absolute atomic E-state index is 12.0. The molecule has 4 heteroatoms. The van der Waals surface area contributed by atoms with Crippen molar-refractivity contribution in [3.8, 4) is 0 Å². The molecule has 0 aliphatic carbocycles. The third kappa shape index (κ3) is 3.60. The van der Waals surface area contributed by atoms with Gasteiger partial charge in [-0.1, -0.05) is 0 Å². The van der Waals surface area contributed by atoms with E-state index >= 15 is 0 Å². The fraction of sp³-hybridized carbons (Fsp3) is 0.923. The second-order valence-corrected chi connectivity index (χ2v) is 5.19. The van der Waals surface area contributed by atoms with E-state index in [0.29, 0.717) is 12.1 Å². The van der Waals surface area contributed by atoms with Gasteiger partial charge in [-0.15, -0.1) is 0 Å². The fourth-order valence-corrected chi connectivity index (χ4v) is 2.71. The Morgan fingerprint density at radius 3 is 2.94 bits per heavy atom. The number of rotatable bonds is 3. The molecule has 17 heavy (non-hydrogen) atoms. The summed E-state index contributed by atoms with van der Waals surface area (Å²) in [6.45, 7) is 4.68. The first-order valence-corrected chi connectivity index (χ1v) is 6.93. The summed E-state index contributed by atoms with van der Waals surface area (Å²) in [5.74, 6) is 0. The maximum Gasteiger partial charge on any atom is 0.317 e. The topological polar surface area (TPSA) is 41.6 Å². The lowest BCUT2D eigenvalue weighted by atomic mass is 10.0. The number of amides is 2. The van der Waals surface area contributed by atoms with Crippen molar-refractivity contribution in [2.45, 2.75) is 57.6 Å². The quantitative estimate of drug-likeness (QED) is 0.821. The monoisotopic (exact) mass is 240 g/mol. The summed E-state index contributed by atoms with van der Waals surface area (Å²) in [5.41, 5.74) is 0. The molecular formula is C13H24N2O2. The molecule has 1 N–H and O–H groups in total. The first kappa shape index (κ1) is 12.7. The Kier molecular flexibility index (Phi) is 4.66. The maximum atomic E-state index is 12.0. The smallest absolute Gasteiger partial charge is 0.317 e. The highest BCUT2D eigenvalue weighted by molar-refractivity contribution is 5.74. The Balaban J connectivity index is 1.65. The molecule has 2 aliphatic heterocycles. The van der Waals surface area contributed by atoms with Crippen LogP contribution in [-0.2, 0) is 4.74 Å². The molecule has 0 aromatic heterocycles. The number of likely N-dealkylation sites (tertiary alicyclic amines) is 1. The standard InChI is InChI=1S/C13H24N2O2/c1-11-5-2-3-9-15(11)13(16)14-8-7-12-6-4-10-17-12/h11-12H,2-10H2,1H3,(H,14,16). The van der Waals surface area contributed by atoms with Crippen LogP contribution in [0.5, 0.6) is 0 Å². The second kappa shape index (κ2) is 6.24. The Labute approximate surface area is 104 Å². The van der Waals surface area contributed by atoms with E-state index < -0.39 is 0 Å². The van der Waals surface area contributed by atoms with Gasteiger partial charge in [0.25, 0.3) is 0 Å². The van der Waals surface area contributed by atoms with Gasteiger partial charge in [0.1, 0.15) is 0 Å². The van der Waals surface area contributed by atoms with E-state index in [0.717, 1.165) is 45.4 Å². The molecule has 2 rings (SSSR count). The zero-order valence-electron chi connectivity index (χ0n) is 10.8. The molecule has 2 amide bonds. The molecule has 0 bridgehead atoms. The van der Waals surface area contributed by atoms with Crippen molar-refractivity contribution in [2.75, 3.05) is 19.7 Å². The zero-order chi connectivity index (χ0) is 12.1. The molecule has 2 atom stereocenters. The predicted molar refractivity (Wildman–Crippen MR) is 67.0 cm³/mol. The molecule has 2 unspecified atom stereocenters. The van der Waals surface area contributed by atoms with Crippen LogP contribution in [-0.4, -0.2) is 42.8 Å². The molecule has 98 valence electrons. The number of hydrogen-bond acceptors (Lipinski definition) is 2. The largest absolute Gasteiger partial charge is 0.378 e. The van der Waals surface area contributed by atoms with Gasteiger partial charge in [0.2, 0.25) is 0 Å². The Hall–Kier alpha value is -0.770. The molecule has 0 aromatic carbocycles. The average Bonchev–Trinajstić information content (AvgIpc) is 2.82. The van der Waals surface area contributed by atoms with Gasteiger partial charge in [0.15, 0.2) is 0 Å². The number of piperidine rings is 1. The van der Waals surface area contributed by atoms with Crippen molar-refractivity contribution in [1.82, 2.24) is 10.2 Å². The van der Waals surface area contributed by atoms with Crippen LogP contribution < -0.4 is 5.32 Å². The summed E-state index contributed by atoms with van der Waals surface area (Å²) < 4.78 is 5.54. The molecule has 4 nitrogen and oxygen atoms in total. The minimum absolute atomic E-state index is 0.107. The summed E-state index contributed by atoms with van der Waals surface area (Å²) >= 11 is 0. The van der Waals surface area contributed by atoms with Crippen LogP contribution in [0.25, 0.3) is 0 Å². The van der Waals surface area contributed by atoms with Crippen LogP contribution in [0.15, 0.2) is 0 Å². The van der Waals surface area contributed by atoms with Crippen molar-refractivity contribution in [3.63, 3.8) is 0 Å². The Bertz CT molecular complexity index is 252. The van der Waals surface area contributed by atoms with E-state index in [1.165, 1.54) is 12.8 Å². The SMILES string of the molecule is CC1CCCCN1C(=O)NCCC1CCCO1. The third-order valence-electron chi connectivity index (χ3n) is 3.83. The Morgan fingerprint density at radius 2 is 2.24 bits per heavy atom. The molecule has 2 saturated heterocycles. The first-order chi connectivity index (χ1) is 8.27. The number of carbonyl (C=O) groups is 1. The normalized spacial score (nSPS) is 29.4. The van der Waals surface area contributed by atoms with Crippen molar-refractivity contribution >= 4 is 6.03 Å². The van der Waals surface area contributed by atoms with Crippen LogP contribution in [0, 0.1) is 0 Å². The summed E-state index contributed by atoms with van der Waals surface area (Å²) in [6, 6.07) is 0.502. The summed E-state index contributed by atoms with van der Waals surface area (Å²) in [7, 11) is 0. The van der Waals surface area contributed by atoms with Gasteiger partial charge >= 0.3 is 6.03 Å². The fourth-order valence-electron chi connectivity index (χ4n) is 2.71.